The molecule has 0 aliphatic rings. The normalized spacial score (nSPS) is 11.8. The van der Waals surface area contributed by atoms with Crippen LogP contribution in [0.1, 0.15) is 78.6 Å². The van der Waals surface area contributed by atoms with Crippen molar-refractivity contribution in [3.8, 4) is 5.75 Å². The van der Waals surface area contributed by atoms with E-state index in [1.165, 1.54) is 32.1 Å². The molecule has 0 aliphatic heterocycles. The Morgan fingerprint density at radius 3 is 1.94 bits per heavy atom. The SMILES string of the molecule is CCCCCCCCOc1ccc(C(=O)c2ccc(C(O)c3ccccc3)cc2)cc1. The minimum atomic E-state index is -0.701. The van der Waals surface area contributed by atoms with Gasteiger partial charge in [0.2, 0.25) is 0 Å². The highest BCUT2D eigenvalue weighted by molar-refractivity contribution is 6.09. The summed E-state index contributed by atoms with van der Waals surface area (Å²) in [7, 11) is 0. The molecule has 3 aromatic rings. The highest BCUT2D eigenvalue weighted by atomic mass is 16.5. The van der Waals surface area contributed by atoms with Crippen LogP contribution < -0.4 is 4.74 Å². The maximum atomic E-state index is 12.8. The van der Waals surface area contributed by atoms with Crippen molar-refractivity contribution in [3.63, 3.8) is 0 Å². The Morgan fingerprint density at radius 1 is 0.742 bits per heavy atom. The first-order valence-corrected chi connectivity index (χ1v) is 11.3. The zero-order valence-electron chi connectivity index (χ0n) is 18.3. The van der Waals surface area contributed by atoms with Gasteiger partial charge in [-0.3, -0.25) is 4.79 Å². The molecule has 1 unspecified atom stereocenters. The molecule has 0 bridgehead atoms. The van der Waals surface area contributed by atoms with Crippen molar-refractivity contribution in [2.45, 2.75) is 51.6 Å². The van der Waals surface area contributed by atoms with Crippen molar-refractivity contribution in [1.29, 1.82) is 0 Å². The molecule has 0 amide bonds. The predicted octanol–water partition coefficient (Wildman–Crippen LogP) is 6.74. The molecule has 1 N–H and O–H groups in total. The number of ketones is 1. The minimum absolute atomic E-state index is 0.0387. The van der Waals surface area contributed by atoms with E-state index in [2.05, 4.69) is 6.92 Å². The van der Waals surface area contributed by atoms with E-state index in [4.69, 9.17) is 4.74 Å². The van der Waals surface area contributed by atoms with E-state index in [0.717, 1.165) is 23.3 Å². The van der Waals surface area contributed by atoms with Gasteiger partial charge in [0, 0.05) is 11.1 Å². The molecule has 3 nitrogen and oxygen atoms in total. The first kappa shape index (κ1) is 22.8. The van der Waals surface area contributed by atoms with Gasteiger partial charge < -0.3 is 9.84 Å². The average Bonchev–Trinajstić information content (AvgIpc) is 2.83. The Balaban J connectivity index is 1.52. The first-order chi connectivity index (χ1) is 15.2. The number of carbonyl (C=O) groups is 1. The predicted molar refractivity (Wildman–Crippen MR) is 126 cm³/mol. The smallest absolute Gasteiger partial charge is 0.193 e. The molecule has 0 heterocycles. The van der Waals surface area contributed by atoms with E-state index in [9.17, 15) is 9.90 Å². The van der Waals surface area contributed by atoms with Crippen LogP contribution in [0.15, 0.2) is 78.9 Å². The van der Waals surface area contributed by atoms with Crippen molar-refractivity contribution in [2.24, 2.45) is 0 Å². The highest BCUT2D eigenvalue weighted by Crippen LogP contribution is 2.23. The van der Waals surface area contributed by atoms with E-state index in [1.807, 2.05) is 66.7 Å². The van der Waals surface area contributed by atoms with Gasteiger partial charge in [-0.2, -0.15) is 0 Å². The van der Waals surface area contributed by atoms with E-state index in [-0.39, 0.29) is 5.78 Å². The van der Waals surface area contributed by atoms with Crippen molar-refractivity contribution in [1.82, 2.24) is 0 Å². The summed E-state index contributed by atoms with van der Waals surface area (Å²) in [6, 6.07) is 24.0. The third-order valence-electron chi connectivity index (χ3n) is 5.49. The number of benzene rings is 3. The van der Waals surface area contributed by atoms with Crippen molar-refractivity contribution in [3.05, 3.63) is 101 Å². The van der Waals surface area contributed by atoms with Crippen LogP contribution in [-0.4, -0.2) is 17.5 Å². The third-order valence-corrected chi connectivity index (χ3v) is 5.49. The topological polar surface area (TPSA) is 46.5 Å². The summed E-state index contributed by atoms with van der Waals surface area (Å²) in [5.41, 5.74) is 2.83. The molecule has 0 saturated carbocycles. The summed E-state index contributed by atoms with van der Waals surface area (Å²) in [6.07, 6.45) is 6.71. The molecule has 3 rings (SSSR count). The summed E-state index contributed by atoms with van der Waals surface area (Å²) in [6.45, 7) is 2.94. The third kappa shape index (κ3) is 6.80. The van der Waals surface area contributed by atoms with Crippen LogP contribution in [0.5, 0.6) is 5.75 Å². The summed E-state index contributed by atoms with van der Waals surface area (Å²) >= 11 is 0. The lowest BCUT2D eigenvalue weighted by Gasteiger charge is -2.12. The van der Waals surface area contributed by atoms with Gasteiger partial charge in [0.15, 0.2) is 5.78 Å². The Morgan fingerprint density at radius 2 is 1.29 bits per heavy atom. The molecule has 0 aliphatic carbocycles. The highest BCUT2D eigenvalue weighted by Gasteiger charge is 2.13. The lowest BCUT2D eigenvalue weighted by atomic mass is 9.97. The Bertz CT molecular complexity index is 915. The zero-order valence-corrected chi connectivity index (χ0v) is 18.3. The lowest BCUT2D eigenvalue weighted by Crippen LogP contribution is -2.04. The fourth-order valence-electron chi connectivity index (χ4n) is 3.59. The van der Waals surface area contributed by atoms with Crippen LogP contribution in [-0.2, 0) is 0 Å². The molecular weight excluding hydrogens is 384 g/mol. The van der Waals surface area contributed by atoms with Gasteiger partial charge in [0.05, 0.1) is 6.61 Å². The number of aliphatic hydroxyl groups is 1. The van der Waals surface area contributed by atoms with Gasteiger partial charge in [-0.25, -0.2) is 0 Å². The summed E-state index contributed by atoms with van der Waals surface area (Å²) in [5, 5.41) is 10.5. The van der Waals surface area contributed by atoms with E-state index in [0.29, 0.717) is 17.7 Å². The molecule has 31 heavy (non-hydrogen) atoms. The largest absolute Gasteiger partial charge is 0.494 e. The maximum Gasteiger partial charge on any atom is 0.193 e. The number of carbonyl (C=O) groups excluding carboxylic acids is 1. The number of hydrogen-bond acceptors (Lipinski definition) is 3. The molecule has 1 atom stereocenters. The summed E-state index contributed by atoms with van der Waals surface area (Å²) < 4.78 is 5.80. The maximum absolute atomic E-state index is 12.8. The van der Waals surface area contributed by atoms with Crippen molar-refractivity contribution < 1.29 is 14.6 Å². The number of ether oxygens (including phenoxy) is 1. The van der Waals surface area contributed by atoms with Gasteiger partial charge >= 0.3 is 0 Å². The fourth-order valence-corrected chi connectivity index (χ4v) is 3.59. The van der Waals surface area contributed by atoms with Crippen LogP contribution in [0.25, 0.3) is 0 Å². The fraction of sp³-hybridized carbons (Fsp3) is 0.321. The van der Waals surface area contributed by atoms with Gasteiger partial charge in [0.25, 0.3) is 0 Å². The monoisotopic (exact) mass is 416 g/mol. The molecular formula is C28H32O3. The van der Waals surface area contributed by atoms with Crippen LogP contribution in [0.3, 0.4) is 0 Å². The van der Waals surface area contributed by atoms with E-state index < -0.39 is 6.10 Å². The van der Waals surface area contributed by atoms with E-state index in [1.54, 1.807) is 12.1 Å². The molecule has 3 heteroatoms. The number of rotatable bonds is 12. The molecule has 0 spiro atoms. The molecule has 0 aromatic heterocycles. The lowest BCUT2D eigenvalue weighted by molar-refractivity contribution is 0.103. The molecule has 0 fully saturated rings. The van der Waals surface area contributed by atoms with Crippen LogP contribution in [0.2, 0.25) is 0 Å². The van der Waals surface area contributed by atoms with Crippen molar-refractivity contribution >= 4 is 5.78 Å². The quantitative estimate of drug-likeness (QED) is 0.263. The van der Waals surface area contributed by atoms with Crippen LogP contribution in [0, 0.1) is 0 Å². The molecule has 0 saturated heterocycles. The number of hydrogen-bond donors (Lipinski definition) is 1. The molecule has 0 radical (unpaired) electrons. The van der Waals surface area contributed by atoms with Crippen molar-refractivity contribution in [2.75, 3.05) is 6.61 Å². The number of aliphatic hydroxyl groups excluding tert-OH is 1. The first-order valence-electron chi connectivity index (χ1n) is 11.3. The average molecular weight is 417 g/mol. The molecule has 162 valence electrons. The summed E-state index contributed by atoms with van der Waals surface area (Å²) in [5.74, 6) is 0.759. The Kier molecular flexibility index (Phi) is 8.86. The van der Waals surface area contributed by atoms with Crippen LogP contribution >= 0.6 is 0 Å². The second kappa shape index (κ2) is 12.1. The van der Waals surface area contributed by atoms with Gasteiger partial charge in [-0.15, -0.1) is 0 Å². The number of unbranched alkanes of at least 4 members (excludes halogenated alkanes) is 5. The summed E-state index contributed by atoms with van der Waals surface area (Å²) in [4.78, 5) is 12.8. The van der Waals surface area contributed by atoms with E-state index >= 15 is 0 Å². The minimum Gasteiger partial charge on any atom is -0.494 e. The van der Waals surface area contributed by atoms with Gasteiger partial charge in [-0.05, 0) is 41.8 Å². The molecule has 3 aromatic carbocycles. The second-order valence-electron chi connectivity index (χ2n) is 7.90. The zero-order chi connectivity index (χ0) is 21.9. The second-order valence-corrected chi connectivity index (χ2v) is 7.90. The Hall–Kier alpha value is -2.91. The Labute approximate surface area is 185 Å². The van der Waals surface area contributed by atoms with Gasteiger partial charge in [-0.1, -0.05) is 93.6 Å². The standard InChI is InChI=1S/C28H32O3/c1-2-3-4-5-6-10-21-31-26-19-17-25(18-20-26)28(30)24-15-13-23(14-16-24)27(29)22-11-8-7-9-12-22/h7-9,11-20,27,29H,2-6,10,21H2,1H3. The van der Waals surface area contributed by atoms with Gasteiger partial charge in [0.1, 0.15) is 11.9 Å². The van der Waals surface area contributed by atoms with Crippen LogP contribution in [0.4, 0.5) is 0 Å².